The van der Waals surface area contributed by atoms with Crippen molar-refractivity contribution in [3.8, 4) is 0 Å². The minimum absolute atomic E-state index is 0.000459. The SMILES string of the molecule is COP(=O)(OC)c1c(CC2(OC(C)=O)C=CC=CC2)oc2ccccc2c1=O. The Kier molecular flexibility index (Phi) is 5.70. The quantitative estimate of drug-likeness (QED) is 0.539. The molecule has 1 aliphatic rings. The van der Waals surface area contributed by atoms with Gasteiger partial charge in [-0.3, -0.25) is 14.2 Å². The number of carbonyl (C=O) groups is 1. The second kappa shape index (κ2) is 7.87. The Morgan fingerprint density at radius 2 is 1.93 bits per heavy atom. The third-order valence-electron chi connectivity index (χ3n) is 4.52. The maximum absolute atomic E-state index is 13.2. The van der Waals surface area contributed by atoms with Gasteiger partial charge in [0.05, 0.1) is 11.8 Å². The lowest BCUT2D eigenvalue weighted by Crippen LogP contribution is -2.39. The van der Waals surface area contributed by atoms with Gasteiger partial charge >= 0.3 is 13.6 Å². The van der Waals surface area contributed by atoms with Crippen molar-refractivity contribution in [1.29, 1.82) is 0 Å². The molecule has 0 saturated carbocycles. The van der Waals surface area contributed by atoms with Gasteiger partial charge in [0.1, 0.15) is 16.9 Å². The maximum Gasteiger partial charge on any atom is 0.368 e. The highest BCUT2D eigenvalue weighted by molar-refractivity contribution is 7.62. The van der Waals surface area contributed by atoms with Gasteiger partial charge in [-0.15, -0.1) is 0 Å². The summed E-state index contributed by atoms with van der Waals surface area (Å²) < 4.78 is 34.8. The van der Waals surface area contributed by atoms with E-state index in [2.05, 4.69) is 0 Å². The molecule has 1 heterocycles. The lowest BCUT2D eigenvalue weighted by Gasteiger charge is -2.31. The van der Waals surface area contributed by atoms with Crippen molar-refractivity contribution in [3.05, 3.63) is 64.6 Å². The number of benzene rings is 1. The highest BCUT2D eigenvalue weighted by Crippen LogP contribution is 2.46. The number of ether oxygens (including phenoxy) is 1. The van der Waals surface area contributed by atoms with Crippen molar-refractivity contribution < 1.29 is 27.6 Å². The number of hydrogen-bond acceptors (Lipinski definition) is 7. The number of esters is 1. The van der Waals surface area contributed by atoms with E-state index in [-0.39, 0.29) is 22.9 Å². The van der Waals surface area contributed by atoms with Gasteiger partial charge in [0.25, 0.3) is 0 Å². The average molecular weight is 404 g/mol. The van der Waals surface area contributed by atoms with Crippen LogP contribution in [0.5, 0.6) is 0 Å². The summed E-state index contributed by atoms with van der Waals surface area (Å²) in [5.41, 5.74) is -1.24. The highest BCUT2D eigenvalue weighted by atomic mass is 31.2. The summed E-state index contributed by atoms with van der Waals surface area (Å²) in [5.74, 6) is -0.386. The molecule has 28 heavy (non-hydrogen) atoms. The van der Waals surface area contributed by atoms with Crippen molar-refractivity contribution in [1.82, 2.24) is 0 Å². The Morgan fingerprint density at radius 1 is 1.21 bits per heavy atom. The lowest BCUT2D eigenvalue weighted by molar-refractivity contribution is -0.152. The first-order valence-corrected chi connectivity index (χ1v) is 10.2. The largest absolute Gasteiger partial charge is 0.460 e. The zero-order chi connectivity index (χ0) is 20.4. The fourth-order valence-electron chi connectivity index (χ4n) is 3.28. The van der Waals surface area contributed by atoms with Crippen molar-refractivity contribution in [2.24, 2.45) is 0 Å². The fourth-order valence-corrected chi connectivity index (χ4v) is 4.59. The van der Waals surface area contributed by atoms with Crippen molar-refractivity contribution in [2.75, 3.05) is 14.2 Å². The van der Waals surface area contributed by atoms with Crippen LogP contribution in [0.25, 0.3) is 11.0 Å². The number of rotatable bonds is 6. The van der Waals surface area contributed by atoms with Crippen LogP contribution in [0, 0.1) is 0 Å². The molecule has 1 atom stereocenters. The summed E-state index contributed by atoms with van der Waals surface area (Å²) in [5, 5.41) is 0.0712. The molecule has 0 amide bonds. The summed E-state index contributed by atoms with van der Waals surface area (Å²) in [4.78, 5) is 24.9. The third-order valence-corrected chi connectivity index (χ3v) is 6.48. The highest BCUT2D eigenvalue weighted by Gasteiger charge is 2.39. The zero-order valence-electron chi connectivity index (χ0n) is 15.8. The van der Waals surface area contributed by atoms with Gasteiger partial charge in [-0.2, -0.15) is 0 Å². The Hall–Kier alpha value is -2.47. The van der Waals surface area contributed by atoms with Crippen LogP contribution in [-0.4, -0.2) is 25.8 Å². The zero-order valence-corrected chi connectivity index (χ0v) is 16.7. The van der Waals surface area contributed by atoms with Crippen LogP contribution in [0.15, 0.2) is 57.8 Å². The molecule has 1 aliphatic carbocycles. The molecule has 148 valence electrons. The first kappa shape index (κ1) is 20.3. The number of allylic oxidation sites excluding steroid dienone is 2. The standard InChI is InChI=1S/C20H21O7P/c1-14(21)27-20(11-7-4-8-12-20)13-17-19(28(23,24-2)25-3)18(22)15-9-5-6-10-16(15)26-17/h4-11H,12-13H2,1-3H3. The van der Waals surface area contributed by atoms with Crippen molar-refractivity contribution in [2.45, 2.75) is 25.4 Å². The van der Waals surface area contributed by atoms with E-state index in [1.54, 1.807) is 36.4 Å². The Labute approximate surface area is 162 Å². The number of carbonyl (C=O) groups excluding carboxylic acids is 1. The van der Waals surface area contributed by atoms with Gasteiger partial charge in [0.15, 0.2) is 5.30 Å². The van der Waals surface area contributed by atoms with Crippen molar-refractivity contribution >= 4 is 29.8 Å². The molecular weight excluding hydrogens is 383 g/mol. The number of hydrogen-bond donors (Lipinski definition) is 0. The topological polar surface area (TPSA) is 92.0 Å². The van der Waals surface area contributed by atoms with E-state index in [0.717, 1.165) is 0 Å². The fraction of sp³-hybridized carbons (Fsp3) is 0.300. The maximum atomic E-state index is 13.2. The molecule has 1 aromatic heterocycles. The van der Waals surface area contributed by atoms with E-state index in [9.17, 15) is 14.2 Å². The molecule has 7 nitrogen and oxygen atoms in total. The molecule has 0 aliphatic heterocycles. The van der Waals surface area contributed by atoms with E-state index >= 15 is 0 Å². The minimum atomic E-state index is -3.93. The second-order valence-corrected chi connectivity index (χ2v) is 8.56. The summed E-state index contributed by atoms with van der Waals surface area (Å²) in [6.07, 6.45) is 7.51. The van der Waals surface area contributed by atoms with E-state index in [1.165, 1.54) is 21.1 Å². The normalized spacial score (nSPS) is 19.1. The molecule has 0 radical (unpaired) electrons. The Bertz CT molecular complexity index is 1060. The molecule has 1 aromatic carbocycles. The van der Waals surface area contributed by atoms with Crippen LogP contribution in [0.4, 0.5) is 0 Å². The van der Waals surface area contributed by atoms with Crippen LogP contribution in [0.3, 0.4) is 0 Å². The van der Waals surface area contributed by atoms with Gasteiger partial charge in [-0.05, 0) is 18.2 Å². The molecule has 0 bridgehead atoms. The average Bonchev–Trinajstić information content (AvgIpc) is 2.67. The van der Waals surface area contributed by atoms with E-state index < -0.39 is 24.6 Å². The monoisotopic (exact) mass is 404 g/mol. The molecule has 0 saturated heterocycles. The van der Waals surface area contributed by atoms with E-state index in [1.807, 2.05) is 12.2 Å². The van der Waals surface area contributed by atoms with Gasteiger partial charge in [0, 0.05) is 27.6 Å². The van der Waals surface area contributed by atoms with Crippen LogP contribution in [-0.2, 0) is 29.6 Å². The molecule has 8 heteroatoms. The lowest BCUT2D eigenvalue weighted by atomic mass is 9.90. The Morgan fingerprint density at radius 3 is 2.54 bits per heavy atom. The van der Waals surface area contributed by atoms with E-state index in [4.69, 9.17) is 18.2 Å². The molecule has 0 fully saturated rings. The Balaban J connectivity index is 2.25. The van der Waals surface area contributed by atoms with Crippen LogP contribution in [0.1, 0.15) is 19.1 Å². The van der Waals surface area contributed by atoms with Crippen LogP contribution in [0.2, 0.25) is 0 Å². The van der Waals surface area contributed by atoms with Crippen LogP contribution >= 0.6 is 7.60 Å². The summed E-state index contributed by atoms with van der Waals surface area (Å²) in [7, 11) is -1.53. The molecule has 0 N–H and O–H groups in total. The van der Waals surface area contributed by atoms with E-state index in [0.29, 0.717) is 12.0 Å². The third kappa shape index (κ3) is 3.74. The smallest absolute Gasteiger partial charge is 0.368 e. The molecule has 3 rings (SSSR count). The number of para-hydroxylation sites is 1. The first-order chi connectivity index (χ1) is 13.3. The van der Waals surface area contributed by atoms with Gasteiger partial charge in [-0.1, -0.05) is 30.4 Å². The van der Waals surface area contributed by atoms with Gasteiger partial charge < -0.3 is 18.2 Å². The second-order valence-electron chi connectivity index (χ2n) is 6.39. The predicted molar refractivity (Wildman–Crippen MR) is 105 cm³/mol. The van der Waals surface area contributed by atoms with Crippen LogP contribution < -0.4 is 10.7 Å². The minimum Gasteiger partial charge on any atom is -0.460 e. The molecule has 1 unspecified atom stereocenters. The molecular formula is C20H21O7P. The first-order valence-electron chi connectivity index (χ1n) is 8.65. The predicted octanol–water partition coefficient (Wildman–Crippen LogP) is 3.26. The molecule has 2 aromatic rings. The summed E-state index contributed by atoms with van der Waals surface area (Å²) >= 11 is 0. The van der Waals surface area contributed by atoms with Crippen molar-refractivity contribution in [3.63, 3.8) is 0 Å². The summed E-state index contributed by atoms with van der Waals surface area (Å²) in [6, 6.07) is 6.63. The molecule has 0 spiro atoms. The van der Waals surface area contributed by atoms with Gasteiger partial charge in [0.2, 0.25) is 5.43 Å². The number of fused-ring (bicyclic) bond motifs is 1. The summed E-state index contributed by atoms with van der Waals surface area (Å²) in [6.45, 7) is 1.31. The van der Waals surface area contributed by atoms with Gasteiger partial charge in [-0.25, -0.2) is 0 Å².